The fourth-order valence-electron chi connectivity index (χ4n) is 3.12. The highest BCUT2D eigenvalue weighted by Crippen LogP contribution is 2.29. The second kappa shape index (κ2) is 9.51. The number of hydrogen-bond acceptors (Lipinski definition) is 6. The van der Waals surface area contributed by atoms with E-state index in [0.29, 0.717) is 18.2 Å². The van der Waals surface area contributed by atoms with Crippen molar-refractivity contribution in [3.05, 3.63) is 53.2 Å². The molecule has 1 aliphatic heterocycles. The van der Waals surface area contributed by atoms with E-state index in [9.17, 15) is 9.18 Å². The lowest BCUT2D eigenvalue weighted by molar-refractivity contribution is -0.118. The number of rotatable bonds is 8. The maximum Gasteiger partial charge on any atom is 0.230 e. The van der Waals surface area contributed by atoms with Crippen molar-refractivity contribution in [2.24, 2.45) is 0 Å². The number of aromatic nitrogens is 3. The van der Waals surface area contributed by atoms with Gasteiger partial charge in [-0.2, -0.15) is 0 Å². The van der Waals surface area contributed by atoms with Crippen LogP contribution in [0.2, 0.25) is 0 Å². The second-order valence-electron chi connectivity index (χ2n) is 6.72. The van der Waals surface area contributed by atoms with Gasteiger partial charge in [0.05, 0.1) is 23.3 Å². The Hall–Kier alpha value is -2.23. The van der Waals surface area contributed by atoms with Crippen LogP contribution in [-0.2, 0) is 22.6 Å². The Bertz CT molecular complexity index is 938. The van der Waals surface area contributed by atoms with Crippen LogP contribution in [0.25, 0.3) is 10.7 Å². The molecule has 0 saturated carbocycles. The Balaban J connectivity index is 1.39. The Kier molecular flexibility index (Phi) is 6.58. The molecule has 1 atom stereocenters. The van der Waals surface area contributed by atoms with Crippen LogP contribution in [0.1, 0.15) is 18.4 Å². The van der Waals surface area contributed by atoms with Crippen molar-refractivity contribution in [1.82, 2.24) is 20.1 Å². The molecular formula is C20H21FN4O2S2. The van der Waals surface area contributed by atoms with Crippen LogP contribution in [0, 0.1) is 5.82 Å². The fraction of sp³-hybridized carbons (Fsp3) is 0.350. The number of halogens is 1. The first-order valence-corrected chi connectivity index (χ1v) is 11.3. The predicted molar refractivity (Wildman–Crippen MR) is 111 cm³/mol. The molecule has 0 bridgehead atoms. The van der Waals surface area contributed by atoms with Crippen molar-refractivity contribution in [2.75, 3.05) is 12.4 Å². The molecule has 4 rings (SSSR count). The highest BCUT2D eigenvalue weighted by Gasteiger charge is 2.22. The zero-order valence-electron chi connectivity index (χ0n) is 15.7. The molecule has 0 spiro atoms. The Morgan fingerprint density at radius 3 is 2.90 bits per heavy atom. The molecule has 6 nitrogen and oxygen atoms in total. The molecule has 0 radical (unpaired) electrons. The van der Waals surface area contributed by atoms with E-state index >= 15 is 0 Å². The average Bonchev–Trinajstić information content (AvgIpc) is 3.49. The molecule has 9 heteroatoms. The summed E-state index contributed by atoms with van der Waals surface area (Å²) < 4.78 is 20.8. The largest absolute Gasteiger partial charge is 0.376 e. The van der Waals surface area contributed by atoms with Gasteiger partial charge in [0.1, 0.15) is 5.82 Å². The first-order chi connectivity index (χ1) is 14.2. The van der Waals surface area contributed by atoms with E-state index in [2.05, 4.69) is 20.1 Å². The third kappa shape index (κ3) is 5.23. The van der Waals surface area contributed by atoms with E-state index in [-0.39, 0.29) is 23.6 Å². The van der Waals surface area contributed by atoms with Crippen LogP contribution in [0.5, 0.6) is 0 Å². The van der Waals surface area contributed by atoms with Crippen LogP contribution in [-0.4, -0.2) is 39.1 Å². The summed E-state index contributed by atoms with van der Waals surface area (Å²) in [7, 11) is 0. The summed E-state index contributed by atoms with van der Waals surface area (Å²) in [5, 5.41) is 14.3. The van der Waals surface area contributed by atoms with Gasteiger partial charge in [-0.15, -0.1) is 21.5 Å². The molecule has 1 aromatic carbocycles. The third-order valence-corrected chi connectivity index (χ3v) is 6.44. The van der Waals surface area contributed by atoms with Gasteiger partial charge in [-0.25, -0.2) is 4.39 Å². The maximum absolute atomic E-state index is 13.0. The lowest BCUT2D eigenvalue weighted by Crippen LogP contribution is -2.25. The minimum absolute atomic E-state index is 0.108. The molecule has 1 amide bonds. The smallest absolute Gasteiger partial charge is 0.230 e. The normalized spacial score (nSPS) is 16.2. The first-order valence-electron chi connectivity index (χ1n) is 9.41. The highest BCUT2D eigenvalue weighted by molar-refractivity contribution is 7.99. The molecule has 3 aromatic rings. The molecule has 2 aromatic heterocycles. The zero-order valence-corrected chi connectivity index (χ0v) is 17.3. The number of ether oxygens (including phenoxy) is 1. The van der Waals surface area contributed by atoms with Crippen molar-refractivity contribution in [3.8, 4) is 10.7 Å². The molecule has 3 heterocycles. The third-order valence-electron chi connectivity index (χ3n) is 4.60. The summed E-state index contributed by atoms with van der Waals surface area (Å²) in [4.78, 5) is 13.3. The van der Waals surface area contributed by atoms with E-state index in [1.54, 1.807) is 23.5 Å². The first kappa shape index (κ1) is 20.1. The lowest BCUT2D eigenvalue weighted by Gasteiger charge is -2.14. The summed E-state index contributed by atoms with van der Waals surface area (Å²) in [5.74, 6) is 0.645. The van der Waals surface area contributed by atoms with Crippen LogP contribution in [0.4, 0.5) is 4.39 Å². The number of amides is 1. The Morgan fingerprint density at radius 2 is 2.17 bits per heavy atom. The molecule has 29 heavy (non-hydrogen) atoms. The SMILES string of the molecule is O=C(CSc1nnc(-c2cccs2)n1CC1CCCO1)NCc1ccc(F)cc1. The number of carbonyl (C=O) groups excluding carboxylic acids is 1. The van der Waals surface area contributed by atoms with Gasteiger partial charge in [-0.1, -0.05) is 30.0 Å². The van der Waals surface area contributed by atoms with Gasteiger partial charge in [0.25, 0.3) is 0 Å². The maximum atomic E-state index is 13.0. The topological polar surface area (TPSA) is 69.0 Å². The van der Waals surface area contributed by atoms with Gasteiger partial charge < -0.3 is 10.1 Å². The van der Waals surface area contributed by atoms with Crippen molar-refractivity contribution in [3.63, 3.8) is 0 Å². The van der Waals surface area contributed by atoms with Crippen molar-refractivity contribution in [2.45, 2.75) is 37.2 Å². The van der Waals surface area contributed by atoms with E-state index in [1.165, 1.54) is 23.9 Å². The number of thiophene rings is 1. The zero-order chi connectivity index (χ0) is 20.1. The van der Waals surface area contributed by atoms with Crippen molar-refractivity contribution in [1.29, 1.82) is 0 Å². The van der Waals surface area contributed by atoms with E-state index in [1.807, 2.05) is 17.5 Å². The summed E-state index contributed by atoms with van der Waals surface area (Å²) in [6.07, 6.45) is 2.23. The fourth-order valence-corrected chi connectivity index (χ4v) is 4.62. The Labute approximate surface area is 176 Å². The van der Waals surface area contributed by atoms with Gasteiger partial charge in [0, 0.05) is 13.2 Å². The van der Waals surface area contributed by atoms with Gasteiger partial charge in [0.15, 0.2) is 11.0 Å². The van der Waals surface area contributed by atoms with Crippen LogP contribution < -0.4 is 5.32 Å². The summed E-state index contributed by atoms with van der Waals surface area (Å²) >= 11 is 2.97. The van der Waals surface area contributed by atoms with E-state index in [4.69, 9.17) is 4.74 Å². The summed E-state index contributed by atoms with van der Waals surface area (Å²) in [6.45, 7) is 1.83. The molecule has 1 saturated heterocycles. The van der Waals surface area contributed by atoms with Crippen molar-refractivity contribution >= 4 is 29.0 Å². The number of benzene rings is 1. The van der Waals surface area contributed by atoms with E-state index in [0.717, 1.165) is 35.7 Å². The monoisotopic (exact) mass is 432 g/mol. The Morgan fingerprint density at radius 1 is 1.31 bits per heavy atom. The quantitative estimate of drug-likeness (QED) is 0.549. The molecule has 1 N–H and O–H groups in total. The minimum atomic E-state index is -0.289. The lowest BCUT2D eigenvalue weighted by atomic mass is 10.2. The van der Waals surface area contributed by atoms with Gasteiger partial charge in [0.2, 0.25) is 5.91 Å². The minimum Gasteiger partial charge on any atom is -0.376 e. The highest BCUT2D eigenvalue weighted by atomic mass is 32.2. The number of carbonyl (C=O) groups is 1. The molecule has 0 aliphatic carbocycles. The molecule has 1 fully saturated rings. The standard InChI is InChI=1S/C20H21FN4O2S2/c21-15-7-5-14(6-8-15)11-22-18(26)13-29-20-24-23-19(17-4-2-10-28-17)25(20)12-16-3-1-9-27-16/h2,4-8,10,16H,1,3,9,11-13H2,(H,22,26). The van der Waals surface area contributed by atoms with Crippen LogP contribution in [0.3, 0.4) is 0 Å². The number of nitrogens with one attached hydrogen (secondary N) is 1. The van der Waals surface area contributed by atoms with Crippen LogP contribution in [0.15, 0.2) is 46.9 Å². The average molecular weight is 433 g/mol. The van der Waals surface area contributed by atoms with Crippen molar-refractivity contribution < 1.29 is 13.9 Å². The molecule has 1 aliphatic rings. The van der Waals surface area contributed by atoms with Crippen LogP contribution >= 0.6 is 23.1 Å². The summed E-state index contributed by atoms with van der Waals surface area (Å²) in [5.41, 5.74) is 0.853. The van der Waals surface area contributed by atoms with Gasteiger partial charge in [-0.3, -0.25) is 9.36 Å². The number of hydrogen-bond donors (Lipinski definition) is 1. The molecule has 1 unspecified atom stereocenters. The molecule has 152 valence electrons. The number of nitrogens with zero attached hydrogens (tertiary/aromatic N) is 3. The molecular weight excluding hydrogens is 411 g/mol. The summed E-state index contributed by atoms with van der Waals surface area (Å²) in [6, 6.07) is 10.1. The predicted octanol–water partition coefficient (Wildman–Crippen LogP) is 3.73. The van der Waals surface area contributed by atoms with Gasteiger partial charge in [-0.05, 0) is 42.0 Å². The second-order valence-corrected chi connectivity index (χ2v) is 8.61. The van der Waals surface area contributed by atoms with E-state index < -0.39 is 0 Å². The number of thioether (sulfide) groups is 1. The van der Waals surface area contributed by atoms with Gasteiger partial charge >= 0.3 is 0 Å².